The number of aromatic nitrogens is 2. The van der Waals surface area contributed by atoms with E-state index in [1.807, 2.05) is 12.1 Å². The van der Waals surface area contributed by atoms with Crippen LogP contribution in [0.5, 0.6) is 0 Å². The molecule has 12 N–H and O–H groups in total. The maximum Gasteiger partial charge on any atom is 0.239 e. The molecule has 0 aliphatic heterocycles. The first-order chi connectivity index (χ1) is 14.8. The molecule has 0 saturated carbocycles. The van der Waals surface area contributed by atoms with Crippen LogP contribution in [0.25, 0.3) is 22.2 Å². The van der Waals surface area contributed by atoms with Crippen LogP contribution in [0.15, 0.2) is 45.2 Å². The molecule has 0 unspecified atom stereocenters. The second-order valence-corrected chi connectivity index (χ2v) is 9.20. The van der Waals surface area contributed by atoms with Gasteiger partial charge in [-0.2, -0.15) is 0 Å². The van der Waals surface area contributed by atoms with Gasteiger partial charge in [0.15, 0.2) is 5.84 Å². The zero-order valence-electron chi connectivity index (χ0n) is 16.6. The predicted octanol–water partition coefficient (Wildman–Crippen LogP) is -0.139. The van der Waals surface area contributed by atoms with E-state index >= 15 is 0 Å². The van der Waals surface area contributed by atoms with Crippen LogP contribution in [0, 0.1) is 0 Å². The van der Waals surface area contributed by atoms with Gasteiger partial charge in [0.1, 0.15) is 10.7 Å². The van der Waals surface area contributed by atoms with Crippen LogP contribution in [-0.4, -0.2) is 36.5 Å². The Labute approximate surface area is 183 Å². The third kappa shape index (κ3) is 4.81. The second kappa shape index (κ2) is 9.64. The number of thioether (sulfide) groups is 1. The van der Waals surface area contributed by atoms with Crippen molar-refractivity contribution in [2.75, 3.05) is 12.3 Å². The fourth-order valence-electron chi connectivity index (χ4n) is 3.23. The number of hydrazine groups is 1. The van der Waals surface area contributed by atoms with E-state index in [9.17, 15) is 8.42 Å². The average molecular weight is 464 g/mol. The summed E-state index contributed by atoms with van der Waals surface area (Å²) in [4.78, 5) is 7.98. The molecule has 1 heterocycles. The maximum absolute atomic E-state index is 12.7. The van der Waals surface area contributed by atoms with Crippen molar-refractivity contribution < 1.29 is 8.42 Å². The molecule has 1 aromatic heterocycles. The van der Waals surface area contributed by atoms with Crippen molar-refractivity contribution in [2.24, 2.45) is 33.3 Å². The lowest BCUT2D eigenvalue weighted by Gasteiger charge is -2.17. The fourth-order valence-corrected chi connectivity index (χ4v) is 5.53. The highest BCUT2D eigenvalue weighted by molar-refractivity contribution is 8.00. The van der Waals surface area contributed by atoms with Gasteiger partial charge in [0, 0.05) is 16.0 Å². The highest BCUT2D eigenvalue weighted by atomic mass is 32.2. The minimum absolute atomic E-state index is 0.130. The molecule has 0 saturated heterocycles. The normalized spacial score (nSPS) is 12.5. The number of fused-ring (bicyclic) bond motifs is 1. The quantitative estimate of drug-likeness (QED) is 0.0560. The topological polar surface area (TPSA) is 217 Å². The van der Waals surface area contributed by atoms with Crippen LogP contribution in [0.4, 0.5) is 0 Å². The number of nitrogens with two attached hydrogens (primary N) is 5. The number of hydrogen-bond donors (Lipinski definition) is 7. The number of amidine groups is 1. The van der Waals surface area contributed by atoms with Gasteiger partial charge in [0.05, 0.1) is 17.6 Å². The Bertz CT molecular complexity index is 1220. The number of imidazole rings is 1. The zero-order valence-corrected chi connectivity index (χ0v) is 18.3. The molecule has 13 heteroatoms. The smallest absolute Gasteiger partial charge is 0.239 e. The highest BCUT2D eigenvalue weighted by Gasteiger charge is 2.26. The molecule has 0 spiro atoms. The first-order valence-electron chi connectivity index (χ1n) is 9.31. The lowest BCUT2D eigenvalue weighted by atomic mass is 9.97. The van der Waals surface area contributed by atoms with E-state index in [1.54, 1.807) is 18.2 Å². The lowest BCUT2D eigenvalue weighted by molar-refractivity contribution is 0.595. The molecule has 0 fully saturated rings. The largest absolute Gasteiger partial charge is 0.382 e. The number of hydrazone groups is 1. The lowest BCUT2D eigenvalue weighted by Crippen LogP contribution is -2.27. The first kappa shape index (κ1) is 23.0. The van der Waals surface area contributed by atoms with Gasteiger partial charge in [0.25, 0.3) is 0 Å². The van der Waals surface area contributed by atoms with Crippen LogP contribution in [-0.2, 0) is 16.6 Å². The van der Waals surface area contributed by atoms with E-state index in [0.717, 1.165) is 5.52 Å². The summed E-state index contributed by atoms with van der Waals surface area (Å²) >= 11 is 1.32. The number of primary sulfonamides is 1. The monoisotopic (exact) mass is 463 g/mol. The van der Waals surface area contributed by atoms with E-state index in [4.69, 9.17) is 28.2 Å². The molecular formula is C18H25N9O2S2. The van der Waals surface area contributed by atoms with Gasteiger partial charge in [-0.15, -0.1) is 16.9 Å². The molecule has 3 rings (SSSR count). The summed E-state index contributed by atoms with van der Waals surface area (Å²) in [5.41, 5.74) is 22.2. The Kier molecular flexibility index (Phi) is 7.15. The molecule has 2 aromatic carbocycles. The third-order valence-corrected chi connectivity index (χ3v) is 6.76. The van der Waals surface area contributed by atoms with Crippen molar-refractivity contribution in [1.82, 2.24) is 15.5 Å². The maximum atomic E-state index is 12.7. The van der Waals surface area contributed by atoms with E-state index < -0.39 is 10.0 Å². The SMILES string of the molecule is NCCCSc1ccc(-c2cccc3[nH]c(CN)nc23)c(/C(N)=N/NN)c1S(N)(=O)=O. The fraction of sp³-hybridized carbons (Fsp3) is 0.222. The van der Waals surface area contributed by atoms with Crippen molar-refractivity contribution in [1.29, 1.82) is 0 Å². The minimum atomic E-state index is -4.18. The number of para-hydroxylation sites is 1. The van der Waals surface area contributed by atoms with Crippen LogP contribution < -0.4 is 33.7 Å². The molecular weight excluding hydrogens is 438 g/mol. The number of benzene rings is 2. The number of rotatable bonds is 9. The van der Waals surface area contributed by atoms with Crippen molar-refractivity contribution in [3.8, 4) is 11.1 Å². The summed E-state index contributed by atoms with van der Waals surface area (Å²) in [7, 11) is -4.18. The molecule has 31 heavy (non-hydrogen) atoms. The van der Waals surface area contributed by atoms with Gasteiger partial charge in [-0.25, -0.2) is 29.9 Å². The second-order valence-electron chi connectivity index (χ2n) is 6.57. The standard InChI is InChI=1S/C18H25N9O2S2/c19-7-2-8-30-13-6-5-10(15(18(21)26-27-22)17(13)31(23,28)29)11-3-1-4-12-16(11)25-14(9-20)24-12/h1,3-6,27H,2,7-9,19-20,22H2,(H2,21,26)(H,24,25)(H2,23,28,29). The number of nitrogens with one attached hydrogen (secondary N) is 2. The van der Waals surface area contributed by atoms with Crippen LogP contribution >= 0.6 is 11.8 Å². The Morgan fingerprint density at radius 2 is 1.97 bits per heavy atom. The number of H-pyrrole nitrogens is 1. The van der Waals surface area contributed by atoms with E-state index in [1.165, 1.54) is 11.8 Å². The van der Waals surface area contributed by atoms with Gasteiger partial charge in [-0.05, 0) is 36.4 Å². The Morgan fingerprint density at radius 1 is 1.19 bits per heavy atom. The highest BCUT2D eigenvalue weighted by Crippen LogP contribution is 2.38. The minimum Gasteiger partial charge on any atom is -0.382 e. The summed E-state index contributed by atoms with van der Waals surface area (Å²) in [6.07, 6.45) is 0.703. The number of aromatic amines is 1. The molecule has 0 aliphatic rings. The molecule has 0 bridgehead atoms. The van der Waals surface area contributed by atoms with Crippen LogP contribution in [0.3, 0.4) is 0 Å². The van der Waals surface area contributed by atoms with Crippen molar-refractivity contribution in [3.63, 3.8) is 0 Å². The zero-order chi connectivity index (χ0) is 22.6. The van der Waals surface area contributed by atoms with E-state index in [2.05, 4.69) is 20.6 Å². The van der Waals surface area contributed by atoms with Gasteiger partial charge in [0.2, 0.25) is 10.0 Å². The predicted molar refractivity (Wildman–Crippen MR) is 123 cm³/mol. The molecule has 3 aromatic rings. The number of sulfonamides is 1. The van der Waals surface area contributed by atoms with Gasteiger partial charge in [-0.1, -0.05) is 18.2 Å². The number of hydrogen-bond acceptors (Lipinski definition) is 9. The Morgan fingerprint density at radius 3 is 2.61 bits per heavy atom. The van der Waals surface area contributed by atoms with Gasteiger partial charge < -0.3 is 22.2 Å². The molecule has 0 aliphatic carbocycles. The molecule has 0 radical (unpaired) electrons. The Hall–Kier alpha value is -2.68. The average Bonchev–Trinajstić information content (AvgIpc) is 3.16. The summed E-state index contributed by atoms with van der Waals surface area (Å²) in [5, 5.41) is 9.43. The summed E-state index contributed by atoms with van der Waals surface area (Å²) in [6.45, 7) is 0.703. The van der Waals surface area contributed by atoms with Gasteiger partial charge >= 0.3 is 0 Å². The molecule has 11 nitrogen and oxygen atoms in total. The van der Waals surface area contributed by atoms with Crippen molar-refractivity contribution in [3.05, 3.63) is 41.7 Å². The van der Waals surface area contributed by atoms with E-state index in [0.29, 0.717) is 46.1 Å². The number of nitrogens with zero attached hydrogens (tertiary/aromatic N) is 2. The first-order valence-corrected chi connectivity index (χ1v) is 11.8. The summed E-state index contributed by atoms with van der Waals surface area (Å²) in [6, 6.07) is 8.92. The van der Waals surface area contributed by atoms with Crippen molar-refractivity contribution in [2.45, 2.75) is 22.8 Å². The van der Waals surface area contributed by atoms with Crippen LogP contribution in [0.1, 0.15) is 17.8 Å². The summed E-state index contributed by atoms with van der Waals surface area (Å²) < 4.78 is 25.3. The molecule has 166 valence electrons. The third-order valence-electron chi connectivity index (χ3n) is 4.50. The molecule has 0 amide bonds. The van der Waals surface area contributed by atoms with Crippen molar-refractivity contribution >= 4 is 38.7 Å². The molecule has 0 atom stereocenters. The van der Waals surface area contributed by atoms with E-state index in [-0.39, 0.29) is 22.8 Å². The summed E-state index contributed by atoms with van der Waals surface area (Å²) in [5.74, 6) is 6.39. The Balaban J connectivity index is 2.36. The van der Waals surface area contributed by atoms with Gasteiger partial charge in [-0.3, -0.25) is 0 Å². The van der Waals surface area contributed by atoms with Crippen LogP contribution in [0.2, 0.25) is 0 Å².